The quantitative estimate of drug-likeness (QED) is 0.102. The number of aromatic nitrogens is 1. The molecule has 1 amide bonds. The van der Waals surface area contributed by atoms with E-state index in [-0.39, 0.29) is 5.91 Å². The van der Waals surface area contributed by atoms with Crippen molar-refractivity contribution in [2.75, 3.05) is 0 Å². The van der Waals surface area contributed by atoms with Crippen LogP contribution in [0.25, 0.3) is 16.9 Å². The smallest absolute Gasteiger partial charge is 0.271 e. The first-order valence-electron chi connectivity index (χ1n) is 12.3. The highest BCUT2D eigenvalue weighted by Crippen LogP contribution is 2.27. The van der Waals surface area contributed by atoms with Crippen LogP contribution >= 0.6 is 38.5 Å². The number of hydrazone groups is 1. The first-order chi connectivity index (χ1) is 19.0. The first-order valence-corrected chi connectivity index (χ1v) is 14.2. The first kappa shape index (κ1) is 26.9. The summed E-state index contributed by atoms with van der Waals surface area (Å²) in [5.74, 6) is 0.463. The lowest BCUT2D eigenvalue weighted by atomic mass is 10.1. The summed E-state index contributed by atoms with van der Waals surface area (Å²) in [7, 11) is 0. The molecule has 0 atom stereocenters. The van der Waals surface area contributed by atoms with Crippen LogP contribution in [0.15, 0.2) is 119 Å². The van der Waals surface area contributed by atoms with Crippen molar-refractivity contribution in [1.82, 2.24) is 9.99 Å². The van der Waals surface area contributed by atoms with Gasteiger partial charge in [0.05, 0.1) is 16.4 Å². The fourth-order valence-electron chi connectivity index (χ4n) is 4.16. The number of hydrogen-bond acceptors (Lipinski definition) is 3. The molecule has 0 aliphatic rings. The molecule has 0 aliphatic heterocycles. The van der Waals surface area contributed by atoms with E-state index in [0.29, 0.717) is 12.2 Å². The third-order valence-electron chi connectivity index (χ3n) is 6.18. The SMILES string of the molecule is Cc1ccc(-c2ccccc2)n1-c1ccc(C(=O)N/N=C/c2ccc(OCc3ccc(I)cc3)c(Br)c2)cc1. The Morgan fingerprint density at radius 1 is 0.949 bits per heavy atom. The maximum absolute atomic E-state index is 12.7. The van der Waals surface area contributed by atoms with Crippen molar-refractivity contribution in [3.63, 3.8) is 0 Å². The Balaban J connectivity index is 1.20. The molecule has 0 spiro atoms. The molecule has 0 unspecified atom stereocenters. The third-order valence-corrected chi connectivity index (χ3v) is 7.52. The summed E-state index contributed by atoms with van der Waals surface area (Å²) in [6.45, 7) is 2.55. The van der Waals surface area contributed by atoms with Crippen molar-refractivity contribution in [1.29, 1.82) is 0 Å². The van der Waals surface area contributed by atoms with Crippen LogP contribution < -0.4 is 10.2 Å². The predicted octanol–water partition coefficient (Wildman–Crippen LogP) is 8.16. The van der Waals surface area contributed by atoms with E-state index >= 15 is 0 Å². The molecule has 7 heteroatoms. The minimum absolute atomic E-state index is 0.276. The standard InChI is InChI=1S/C32H25BrIN3O2/c1-22-7-17-30(25-5-3-2-4-6-25)37(22)28-15-11-26(12-16-28)32(38)36-35-20-24-10-18-31(29(33)19-24)39-21-23-8-13-27(34)14-9-23/h2-20H,21H2,1H3,(H,36,38)/b35-20+. The van der Waals surface area contributed by atoms with Crippen molar-refractivity contribution in [2.45, 2.75) is 13.5 Å². The topological polar surface area (TPSA) is 55.6 Å². The summed E-state index contributed by atoms with van der Waals surface area (Å²) in [4.78, 5) is 12.7. The molecule has 1 aromatic heterocycles. The van der Waals surface area contributed by atoms with Crippen LogP contribution in [0.1, 0.15) is 27.2 Å². The zero-order valence-electron chi connectivity index (χ0n) is 21.1. The number of halogens is 2. The number of carbonyl (C=O) groups is 1. The molecule has 5 nitrogen and oxygen atoms in total. The van der Waals surface area contributed by atoms with Crippen LogP contribution in [0, 0.1) is 10.5 Å². The van der Waals surface area contributed by atoms with Crippen LogP contribution in [0.2, 0.25) is 0 Å². The van der Waals surface area contributed by atoms with E-state index in [1.807, 2.05) is 60.7 Å². The monoisotopic (exact) mass is 689 g/mol. The second-order valence-corrected chi connectivity index (χ2v) is 11.0. The average molecular weight is 690 g/mol. The number of carbonyl (C=O) groups excluding carboxylic acids is 1. The lowest BCUT2D eigenvalue weighted by Gasteiger charge is -2.12. The van der Waals surface area contributed by atoms with Crippen molar-refractivity contribution < 1.29 is 9.53 Å². The van der Waals surface area contributed by atoms with Crippen molar-refractivity contribution in [2.24, 2.45) is 5.10 Å². The largest absolute Gasteiger partial charge is 0.488 e. The van der Waals surface area contributed by atoms with Gasteiger partial charge in [-0.2, -0.15) is 5.10 Å². The Morgan fingerprint density at radius 3 is 2.41 bits per heavy atom. The molecule has 5 aromatic rings. The summed E-state index contributed by atoms with van der Waals surface area (Å²) in [5.41, 5.74) is 9.42. The lowest BCUT2D eigenvalue weighted by molar-refractivity contribution is 0.0955. The molecule has 0 radical (unpaired) electrons. The number of nitrogens with zero attached hydrogens (tertiary/aromatic N) is 2. The average Bonchev–Trinajstić information content (AvgIpc) is 3.35. The van der Waals surface area contributed by atoms with Gasteiger partial charge in [-0.05, 0) is 129 Å². The van der Waals surface area contributed by atoms with Crippen LogP contribution in [-0.2, 0) is 6.61 Å². The highest BCUT2D eigenvalue weighted by Gasteiger charge is 2.11. The zero-order valence-corrected chi connectivity index (χ0v) is 24.9. The van der Waals surface area contributed by atoms with Gasteiger partial charge in [0.15, 0.2) is 0 Å². The number of ether oxygens (including phenoxy) is 1. The van der Waals surface area contributed by atoms with Crippen LogP contribution in [0.4, 0.5) is 0 Å². The van der Waals surface area contributed by atoms with Crippen molar-refractivity contribution >= 4 is 50.6 Å². The third kappa shape index (κ3) is 6.66. The van der Waals surface area contributed by atoms with E-state index < -0.39 is 0 Å². The summed E-state index contributed by atoms with van der Waals surface area (Å²) < 4.78 is 10.1. The summed E-state index contributed by atoms with van der Waals surface area (Å²) in [6.07, 6.45) is 1.61. The maximum Gasteiger partial charge on any atom is 0.271 e. The molecular weight excluding hydrogens is 665 g/mol. The minimum atomic E-state index is -0.276. The molecule has 4 aromatic carbocycles. The predicted molar refractivity (Wildman–Crippen MR) is 169 cm³/mol. The molecule has 5 rings (SSSR count). The van der Waals surface area contributed by atoms with E-state index in [2.05, 4.69) is 109 Å². The molecule has 0 aliphatic carbocycles. The van der Waals surface area contributed by atoms with Gasteiger partial charge in [0.2, 0.25) is 0 Å². The Bertz CT molecular complexity index is 1610. The Hall–Kier alpha value is -3.69. The van der Waals surface area contributed by atoms with Gasteiger partial charge >= 0.3 is 0 Å². The molecule has 0 bridgehead atoms. The normalized spacial score (nSPS) is 11.1. The molecule has 0 saturated heterocycles. The number of rotatable bonds is 8. The number of aryl methyl sites for hydroxylation is 1. The van der Waals surface area contributed by atoms with Gasteiger partial charge in [0, 0.05) is 20.5 Å². The van der Waals surface area contributed by atoms with Gasteiger partial charge in [-0.25, -0.2) is 5.43 Å². The second kappa shape index (κ2) is 12.4. The van der Waals surface area contributed by atoms with Crippen molar-refractivity contribution in [3.8, 4) is 22.7 Å². The van der Waals surface area contributed by atoms with E-state index in [4.69, 9.17) is 4.74 Å². The fraction of sp³-hybridized carbons (Fsp3) is 0.0625. The van der Waals surface area contributed by atoms with E-state index in [9.17, 15) is 4.79 Å². The molecule has 39 heavy (non-hydrogen) atoms. The molecule has 0 saturated carbocycles. The number of nitrogens with one attached hydrogen (secondary N) is 1. The van der Waals surface area contributed by atoms with Crippen LogP contribution in [0.3, 0.4) is 0 Å². The fourth-order valence-corrected chi connectivity index (χ4v) is 5.03. The van der Waals surface area contributed by atoms with Crippen LogP contribution in [0.5, 0.6) is 5.75 Å². The van der Waals surface area contributed by atoms with Gasteiger partial charge < -0.3 is 9.30 Å². The van der Waals surface area contributed by atoms with Crippen molar-refractivity contribution in [3.05, 3.63) is 140 Å². The number of hydrogen-bond donors (Lipinski definition) is 1. The minimum Gasteiger partial charge on any atom is -0.488 e. The summed E-state index contributed by atoms with van der Waals surface area (Å²) in [6, 6.07) is 35.9. The second-order valence-electron chi connectivity index (χ2n) is 8.91. The summed E-state index contributed by atoms with van der Waals surface area (Å²) >= 11 is 5.84. The molecular formula is C32H25BrIN3O2. The Kier molecular flexibility index (Phi) is 8.58. The van der Waals surface area contributed by atoms with Gasteiger partial charge in [0.25, 0.3) is 5.91 Å². The van der Waals surface area contributed by atoms with Gasteiger partial charge in [0.1, 0.15) is 12.4 Å². The lowest BCUT2D eigenvalue weighted by Crippen LogP contribution is -2.17. The highest BCUT2D eigenvalue weighted by molar-refractivity contribution is 14.1. The van der Waals surface area contributed by atoms with E-state index in [1.54, 1.807) is 6.21 Å². The molecule has 194 valence electrons. The van der Waals surface area contributed by atoms with E-state index in [0.717, 1.165) is 44.0 Å². The van der Waals surface area contributed by atoms with E-state index in [1.165, 1.54) is 3.57 Å². The molecule has 1 heterocycles. The van der Waals surface area contributed by atoms with Crippen LogP contribution in [-0.4, -0.2) is 16.7 Å². The Labute approximate surface area is 249 Å². The van der Waals surface area contributed by atoms with Gasteiger partial charge in [-0.3, -0.25) is 4.79 Å². The maximum atomic E-state index is 12.7. The number of amides is 1. The highest BCUT2D eigenvalue weighted by atomic mass is 127. The zero-order chi connectivity index (χ0) is 27.2. The van der Waals surface area contributed by atoms with Gasteiger partial charge in [-0.15, -0.1) is 0 Å². The molecule has 0 fully saturated rings. The molecule has 1 N–H and O–H groups in total. The summed E-state index contributed by atoms with van der Waals surface area (Å²) in [5, 5.41) is 4.14. The van der Waals surface area contributed by atoms with Gasteiger partial charge in [-0.1, -0.05) is 42.5 Å². The Morgan fingerprint density at radius 2 is 1.69 bits per heavy atom. The number of benzene rings is 4.